The molecule has 5 heteroatoms. The molecule has 0 saturated heterocycles. The van der Waals surface area contributed by atoms with E-state index in [1.807, 2.05) is 0 Å². The summed E-state index contributed by atoms with van der Waals surface area (Å²) in [5.74, 6) is -2.18. The third-order valence-corrected chi connectivity index (χ3v) is 4.35. The summed E-state index contributed by atoms with van der Waals surface area (Å²) in [7, 11) is 0. The molecule has 0 bridgehead atoms. The number of carbonyl (C=O) groups is 2. The van der Waals surface area contributed by atoms with Crippen molar-refractivity contribution in [1.29, 1.82) is 0 Å². The average Bonchev–Trinajstić information content (AvgIpc) is 2.42. The number of benzene rings is 1. The molecule has 2 rings (SSSR count). The molecule has 1 aromatic carbocycles. The number of aliphatic carboxylic acids is 2. The van der Waals surface area contributed by atoms with Crippen molar-refractivity contribution in [2.24, 2.45) is 0 Å². The summed E-state index contributed by atoms with van der Waals surface area (Å²) in [5.41, 5.74) is 0.446. The maximum absolute atomic E-state index is 11.9. The summed E-state index contributed by atoms with van der Waals surface area (Å²) in [5, 5.41) is 19.5. The molecule has 0 radical (unpaired) electrons. The predicted octanol–water partition coefficient (Wildman–Crippen LogP) is 3.33. The number of hydrogen-bond acceptors (Lipinski definition) is 2. The van der Waals surface area contributed by atoms with E-state index in [-0.39, 0.29) is 12.0 Å². The number of halogens is 1. The Morgan fingerprint density at radius 1 is 1.24 bits per heavy atom. The maximum Gasteiger partial charge on any atom is 0.331 e. The van der Waals surface area contributed by atoms with Gasteiger partial charge in [-0.05, 0) is 36.6 Å². The summed E-state index contributed by atoms with van der Waals surface area (Å²) in [6.07, 6.45) is 3.01. The maximum atomic E-state index is 11.9. The highest BCUT2D eigenvalue weighted by Crippen LogP contribution is 2.40. The van der Waals surface area contributed by atoms with Crippen LogP contribution in [0.4, 0.5) is 0 Å². The van der Waals surface area contributed by atoms with Crippen LogP contribution >= 0.6 is 11.6 Å². The monoisotopic (exact) mass is 306 g/mol. The Hall–Kier alpha value is -2.07. The normalized spacial score (nSPS) is 21.5. The van der Waals surface area contributed by atoms with E-state index in [1.165, 1.54) is 0 Å². The highest BCUT2D eigenvalue weighted by atomic mass is 35.5. The van der Waals surface area contributed by atoms with Crippen LogP contribution < -0.4 is 0 Å². The van der Waals surface area contributed by atoms with Crippen LogP contribution in [-0.2, 0) is 15.0 Å². The first-order valence-corrected chi connectivity index (χ1v) is 6.78. The van der Waals surface area contributed by atoms with Crippen LogP contribution in [0.3, 0.4) is 0 Å². The van der Waals surface area contributed by atoms with E-state index in [2.05, 4.69) is 0 Å². The van der Waals surface area contributed by atoms with Gasteiger partial charge in [0.25, 0.3) is 0 Å². The van der Waals surface area contributed by atoms with Crippen LogP contribution in [-0.4, -0.2) is 22.2 Å². The second-order valence-corrected chi connectivity index (χ2v) is 5.57. The molecular formula is C16H15ClO4. The number of rotatable bonds is 3. The van der Waals surface area contributed by atoms with Crippen molar-refractivity contribution in [2.75, 3.05) is 0 Å². The third kappa shape index (κ3) is 2.47. The Bertz CT molecular complexity index is 688. The van der Waals surface area contributed by atoms with Gasteiger partial charge < -0.3 is 10.2 Å². The second-order valence-electron chi connectivity index (χ2n) is 5.17. The topological polar surface area (TPSA) is 74.6 Å². The van der Waals surface area contributed by atoms with Gasteiger partial charge in [-0.2, -0.15) is 0 Å². The van der Waals surface area contributed by atoms with E-state index in [4.69, 9.17) is 11.6 Å². The number of hydrogen-bond donors (Lipinski definition) is 2. The standard InChI is InChI=1S/C16H15ClO4/c1-9-6-7-16(15(20)21,8-11(9)14(18)19)12-4-3-5-13(17)10(12)2/h3-7H,8H2,1-2H3,(H,18,19)(H,20,21). The van der Waals surface area contributed by atoms with E-state index in [0.717, 1.165) is 0 Å². The lowest BCUT2D eigenvalue weighted by Gasteiger charge is -2.31. The predicted molar refractivity (Wildman–Crippen MR) is 79.6 cm³/mol. The van der Waals surface area contributed by atoms with Crippen LogP contribution in [0.5, 0.6) is 0 Å². The first kappa shape index (κ1) is 15.3. The molecule has 21 heavy (non-hydrogen) atoms. The molecule has 0 fully saturated rings. The first-order valence-electron chi connectivity index (χ1n) is 6.41. The van der Waals surface area contributed by atoms with Gasteiger partial charge in [0.15, 0.2) is 0 Å². The minimum atomic E-state index is -1.40. The Morgan fingerprint density at radius 3 is 2.48 bits per heavy atom. The second kappa shape index (κ2) is 5.37. The molecule has 0 aromatic heterocycles. The van der Waals surface area contributed by atoms with Crippen LogP contribution in [0.15, 0.2) is 41.5 Å². The molecule has 1 aliphatic rings. The molecule has 4 nitrogen and oxygen atoms in total. The number of carboxylic acid groups (broad SMARTS) is 2. The molecule has 2 N–H and O–H groups in total. The minimum absolute atomic E-state index is 0.0960. The molecule has 0 aliphatic heterocycles. The number of carboxylic acids is 2. The van der Waals surface area contributed by atoms with Gasteiger partial charge in [-0.25, -0.2) is 4.79 Å². The van der Waals surface area contributed by atoms with Crippen LogP contribution in [0.25, 0.3) is 0 Å². The van der Waals surface area contributed by atoms with Crippen molar-refractivity contribution in [3.8, 4) is 0 Å². The molecule has 1 unspecified atom stereocenters. The van der Waals surface area contributed by atoms with Gasteiger partial charge in [-0.1, -0.05) is 35.9 Å². The molecular weight excluding hydrogens is 292 g/mol. The lowest BCUT2D eigenvalue weighted by Crippen LogP contribution is -2.37. The molecule has 0 saturated carbocycles. The van der Waals surface area contributed by atoms with Gasteiger partial charge >= 0.3 is 11.9 Å². The van der Waals surface area contributed by atoms with Gasteiger partial charge in [0, 0.05) is 17.0 Å². The summed E-state index contributed by atoms with van der Waals surface area (Å²) < 4.78 is 0. The fourth-order valence-corrected chi connectivity index (χ4v) is 2.80. The largest absolute Gasteiger partial charge is 0.480 e. The fraction of sp³-hybridized carbons (Fsp3) is 0.250. The zero-order valence-corrected chi connectivity index (χ0v) is 12.4. The van der Waals surface area contributed by atoms with Crippen LogP contribution in [0, 0.1) is 6.92 Å². The zero-order chi connectivity index (χ0) is 15.8. The molecule has 0 spiro atoms. The highest BCUT2D eigenvalue weighted by molar-refractivity contribution is 6.31. The van der Waals surface area contributed by atoms with E-state index in [0.29, 0.717) is 21.7 Å². The Balaban J connectivity index is 2.66. The van der Waals surface area contributed by atoms with Gasteiger partial charge in [-0.15, -0.1) is 0 Å². The van der Waals surface area contributed by atoms with Gasteiger partial charge in [0.05, 0.1) is 0 Å². The lowest BCUT2D eigenvalue weighted by atomic mass is 9.70. The van der Waals surface area contributed by atoms with Gasteiger partial charge in [0.2, 0.25) is 0 Å². The SMILES string of the molecule is CC1=C(C(=O)O)CC(C(=O)O)(c2cccc(Cl)c2C)C=C1. The van der Waals surface area contributed by atoms with E-state index in [9.17, 15) is 19.8 Å². The van der Waals surface area contributed by atoms with Crippen molar-refractivity contribution in [3.63, 3.8) is 0 Å². The Morgan fingerprint density at radius 2 is 1.90 bits per heavy atom. The van der Waals surface area contributed by atoms with Crippen LogP contribution in [0.2, 0.25) is 5.02 Å². The fourth-order valence-electron chi connectivity index (χ4n) is 2.63. The summed E-state index contributed by atoms with van der Waals surface area (Å²) >= 11 is 6.08. The highest BCUT2D eigenvalue weighted by Gasteiger charge is 2.43. The number of allylic oxidation sites excluding steroid dienone is 2. The molecule has 110 valence electrons. The third-order valence-electron chi connectivity index (χ3n) is 3.94. The van der Waals surface area contributed by atoms with Gasteiger partial charge in [0.1, 0.15) is 5.41 Å². The van der Waals surface area contributed by atoms with Crippen molar-refractivity contribution in [3.05, 3.63) is 57.6 Å². The zero-order valence-electron chi connectivity index (χ0n) is 11.7. The molecule has 0 heterocycles. The lowest BCUT2D eigenvalue weighted by molar-refractivity contribution is -0.142. The first-order chi connectivity index (χ1) is 9.79. The molecule has 1 aliphatic carbocycles. The Labute approximate surface area is 127 Å². The van der Waals surface area contributed by atoms with Crippen molar-refractivity contribution in [1.82, 2.24) is 0 Å². The molecule has 1 aromatic rings. The smallest absolute Gasteiger partial charge is 0.331 e. The summed E-state index contributed by atoms with van der Waals surface area (Å²) in [6.45, 7) is 3.40. The summed E-state index contributed by atoms with van der Waals surface area (Å²) in [6, 6.07) is 5.04. The van der Waals surface area contributed by atoms with Crippen LogP contribution in [0.1, 0.15) is 24.5 Å². The van der Waals surface area contributed by atoms with E-state index in [1.54, 1.807) is 44.2 Å². The van der Waals surface area contributed by atoms with E-state index >= 15 is 0 Å². The minimum Gasteiger partial charge on any atom is -0.480 e. The average molecular weight is 307 g/mol. The Kier molecular flexibility index (Phi) is 3.92. The molecule has 0 amide bonds. The van der Waals surface area contributed by atoms with E-state index < -0.39 is 17.4 Å². The van der Waals surface area contributed by atoms with Gasteiger partial charge in [-0.3, -0.25) is 4.79 Å². The van der Waals surface area contributed by atoms with Crippen molar-refractivity contribution < 1.29 is 19.8 Å². The summed E-state index contributed by atoms with van der Waals surface area (Å²) in [4.78, 5) is 23.3. The molecule has 1 atom stereocenters. The quantitative estimate of drug-likeness (QED) is 0.898. The van der Waals surface area contributed by atoms with Crippen molar-refractivity contribution >= 4 is 23.5 Å². The van der Waals surface area contributed by atoms with Crippen molar-refractivity contribution in [2.45, 2.75) is 25.7 Å².